The Morgan fingerprint density at radius 1 is 0.714 bits per heavy atom. The number of hydrogen-bond acceptors (Lipinski definition) is 2. The Balaban J connectivity index is 4.06. The summed E-state index contributed by atoms with van der Waals surface area (Å²) in [6.45, 7) is 10.1. The fourth-order valence-corrected chi connectivity index (χ4v) is 1.75. The van der Waals surface area contributed by atoms with Crippen LogP contribution in [0.15, 0.2) is 0 Å². The summed E-state index contributed by atoms with van der Waals surface area (Å²) in [5.74, 6) is 0. The van der Waals surface area contributed by atoms with E-state index in [1.807, 2.05) is 0 Å². The minimum atomic E-state index is 0.296. The molecule has 0 aromatic carbocycles. The van der Waals surface area contributed by atoms with Gasteiger partial charge in [-0.1, -0.05) is 26.7 Å². The van der Waals surface area contributed by atoms with Crippen LogP contribution in [0.4, 0.5) is 0 Å². The summed E-state index contributed by atoms with van der Waals surface area (Å²) >= 11 is 0. The van der Waals surface area contributed by atoms with E-state index in [1.165, 1.54) is 0 Å². The second-order valence-electron chi connectivity index (χ2n) is 3.56. The maximum Gasteiger partial charge on any atom is 0.0836 e. The predicted octanol–water partition coefficient (Wildman–Crippen LogP) is 3.40. The van der Waals surface area contributed by atoms with Gasteiger partial charge in [-0.2, -0.15) is 0 Å². The normalized spacial score (nSPS) is 15.4. The van der Waals surface area contributed by atoms with E-state index in [0.29, 0.717) is 12.2 Å². The topological polar surface area (TPSA) is 18.5 Å². The monoisotopic (exact) mass is 202 g/mol. The Hall–Kier alpha value is -0.0800. The van der Waals surface area contributed by atoms with Crippen LogP contribution in [0, 0.1) is 0 Å². The van der Waals surface area contributed by atoms with Crippen molar-refractivity contribution >= 4 is 0 Å². The minimum absolute atomic E-state index is 0.296. The van der Waals surface area contributed by atoms with Crippen LogP contribution in [-0.2, 0) is 9.47 Å². The average molecular weight is 202 g/mol. The molecule has 0 amide bonds. The molecular formula is C12H26O2. The van der Waals surface area contributed by atoms with Crippen molar-refractivity contribution in [1.82, 2.24) is 0 Å². The molecule has 0 aromatic rings. The van der Waals surface area contributed by atoms with Crippen LogP contribution in [-0.4, -0.2) is 25.4 Å². The highest BCUT2D eigenvalue weighted by molar-refractivity contribution is 4.70. The summed E-state index contributed by atoms with van der Waals surface area (Å²) in [7, 11) is 0. The van der Waals surface area contributed by atoms with Crippen molar-refractivity contribution in [3.8, 4) is 0 Å². The van der Waals surface area contributed by atoms with Gasteiger partial charge in [-0.15, -0.1) is 0 Å². The van der Waals surface area contributed by atoms with Crippen LogP contribution in [0.3, 0.4) is 0 Å². The molecule has 0 N–H and O–H groups in total. The molecule has 0 saturated carbocycles. The zero-order valence-electron chi connectivity index (χ0n) is 10.2. The molecule has 2 unspecified atom stereocenters. The Morgan fingerprint density at radius 3 is 1.29 bits per heavy atom. The molecule has 2 nitrogen and oxygen atoms in total. The molecule has 2 atom stereocenters. The van der Waals surface area contributed by atoms with Crippen LogP contribution in [0.5, 0.6) is 0 Å². The van der Waals surface area contributed by atoms with Crippen LogP contribution >= 0.6 is 0 Å². The van der Waals surface area contributed by atoms with Gasteiger partial charge in [-0.05, 0) is 26.7 Å². The number of ether oxygens (including phenoxy) is 2. The molecule has 0 spiro atoms. The standard InChI is InChI=1S/C12H26O2/c1-5-9-11(13-7-3)12(10-6-2)14-8-4/h11-12H,5-10H2,1-4H3. The molecule has 0 radical (unpaired) electrons. The van der Waals surface area contributed by atoms with E-state index >= 15 is 0 Å². The fraction of sp³-hybridized carbons (Fsp3) is 1.00. The van der Waals surface area contributed by atoms with Gasteiger partial charge in [-0.3, -0.25) is 0 Å². The summed E-state index contributed by atoms with van der Waals surface area (Å²) in [4.78, 5) is 0. The zero-order chi connectivity index (χ0) is 10.8. The van der Waals surface area contributed by atoms with Crippen molar-refractivity contribution in [3.05, 3.63) is 0 Å². The largest absolute Gasteiger partial charge is 0.376 e. The Bertz CT molecular complexity index is 88.9. The third-order valence-electron chi connectivity index (χ3n) is 2.32. The quantitative estimate of drug-likeness (QED) is 0.570. The molecule has 2 heteroatoms. The lowest BCUT2D eigenvalue weighted by Gasteiger charge is -2.26. The third kappa shape index (κ3) is 5.61. The van der Waals surface area contributed by atoms with E-state index in [-0.39, 0.29) is 0 Å². The molecular weight excluding hydrogens is 176 g/mol. The highest BCUT2D eigenvalue weighted by Gasteiger charge is 2.20. The first-order chi connectivity index (χ1) is 6.79. The van der Waals surface area contributed by atoms with Crippen LogP contribution in [0.1, 0.15) is 53.4 Å². The molecule has 0 heterocycles. The van der Waals surface area contributed by atoms with Crippen molar-refractivity contribution in [2.75, 3.05) is 13.2 Å². The lowest BCUT2D eigenvalue weighted by atomic mass is 10.0. The van der Waals surface area contributed by atoms with Gasteiger partial charge in [0, 0.05) is 13.2 Å². The van der Waals surface area contributed by atoms with Crippen molar-refractivity contribution in [2.45, 2.75) is 65.6 Å². The van der Waals surface area contributed by atoms with Crippen molar-refractivity contribution < 1.29 is 9.47 Å². The highest BCUT2D eigenvalue weighted by atomic mass is 16.5. The second kappa shape index (κ2) is 9.47. The average Bonchev–Trinajstić information content (AvgIpc) is 2.17. The van der Waals surface area contributed by atoms with Gasteiger partial charge >= 0.3 is 0 Å². The summed E-state index contributed by atoms with van der Waals surface area (Å²) in [5, 5.41) is 0. The summed E-state index contributed by atoms with van der Waals surface area (Å²) in [6, 6.07) is 0. The van der Waals surface area contributed by atoms with E-state index < -0.39 is 0 Å². The molecule has 0 saturated heterocycles. The molecule has 0 aromatic heterocycles. The summed E-state index contributed by atoms with van der Waals surface area (Å²) in [6.07, 6.45) is 5.14. The highest BCUT2D eigenvalue weighted by Crippen LogP contribution is 2.15. The van der Waals surface area contributed by atoms with Crippen LogP contribution in [0.25, 0.3) is 0 Å². The first-order valence-corrected chi connectivity index (χ1v) is 6.03. The minimum Gasteiger partial charge on any atom is -0.376 e. The first-order valence-electron chi connectivity index (χ1n) is 6.03. The lowest BCUT2D eigenvalue weighted by molar-refractivity contribution is -0.0736. The smallest absolute Gasteiger partial charge is 0.0836 e. The SMILES string of the molecule is CCCC(OCC)C(CCC)OCC. The molecule has 0 rings (SSSR count). The van der Waals surface area contributed by atoms with E-state index in [4.69, 9.17) is 9.47 Å². The van der Waals surface area contributed by atoms with Crippen LogP contribution in [0.2, 0.25) is 0 Å². The van der Waals surface area contributed by atoms with Crippen molar-refractivity contribution in [1.29, 1.82) is 0 Å². The lowest BCUT2D eigenvalue weighted by Crippen LogP contribution is -2.31. The van der Waals surface area contributed by atoms with E-state index in [9.17, 15) is 0 Å². The van der Waals surface area contributed by atoms with Gasteiger partial charge in [0.05, 0.1) is 12.2 Å². The van der Waals surface area contributed by atoms with Gasteiger partial charge in [0.1, 0.15) is 0 Å². The molecule has 14 heavy (non-hydrogen) atoms. The summed E-state index contributed by atoms with van der Waals surface area (Å²) < 4.78 is 11.4. The first kappa shape index (κ1) is 13.9. The zero-order valence-corrected chi connectivity index (χ0v) is 10.2. The second-order valence-corrected chi connectivity index (χ2v) is 3.56. The van der Waals surface area contributed by atoms with Gasteiger partial charge in [0.25, 0.3) is 0 Å². The van der Waals surface area contributed by atoms with Gasteiger partial charge in [-0.25, -0.2) is 0 Å². The van der Waals surface area contributed by atoms with Gasteiger partial charge < -0.3 is 9.47 Å². The molecule has 0 aliphatic rings. The number of rotatable bonds is 9. The van der Waals surface area contributed by atoms with E-state index in [0.717, 1.165) is 38.9 Å². The van der Waals surface area contributed by atoms with Crippen LogP contribution < -0.4 is 0 Å². The Labute approximate surface area is 89.0 Å². The maximum atomic E-state index is 5.72. The summed E-state index contributed by atoms with van der Waals surface area (Å²) in [5.41, 5.74) is 0. The van der Waals surface area contributed by atoms with Crippen molar-refractivity contribution in [2.24, 2.45) is 0 Å². The molecule has 0 aliphatic carbocycles. The van der Waals surface area contributed by atoms with E-state index in [2.05, 4.69) is 27.7 Å². The fourth-order valence-electron chi connectivity index (χ4n) is 1.75. The molecule has 0 fully saturated rings. The van der Waals surface area contributed by atoms with Gasteiger partial charge in [0.15, 0.2) is 0 Å². The molecule has 0 bridgehead atoms. The van der Waals surface area contributed by atoms with E-state index in [1.54, 1.807) is 0 Å². The maximum absolute atomic E-state index is 5.72. The Kier molecular flexibility index (Phi) is 9.42. The predicted molar refractivity (Wildman–Crippen MR) is 60.6 cm³/mol. The Morgan fingerprint density at radius 2 is 1.07 bits per heavy atom. The third-order valence-corrected chi connectivity index (χ3v) is 2.32. The number of hydrogen-bond donors (Lipinski definition) is 0. The molecule has 0 aliphatic heterocycles. The van der Waals surface area contributed by atoms with Crippen molar-refractivity contribution in [3.63, 3.8) is 0 Å². The van der Waals surface area contributed by atoms with Gasteiger partial charge in [0.2, 0.25) is 0 Å². The molecule has 86 valence electrons.